The summed E-state index contributed by atoms with van der Waals surface area (Å²) in [5.74, 6) is -0.409. The summed E-state index contributed by atoms with van der Waals surface area (Å²) >= 11 is 0. The molecule has 0 saturated carbocycles. The number of nitrogens with zero attached hydrogens (tertiary/aromatic N) is 3. The third-order valence-corrected chi connectivity index (χ3v) is 6.91. The Bertz CT molecular complexity index is 1340. The number of ketones is 1. The van der Waals surface area contributed by atoms with Gasteiger partial charge in [0.15, 0.2) is 17.2 Å². The SMILES string of the molecule is Br.CCOc1cc2c(nc1C(=O)NC)C(=N)N(CC(=O)c1cc(N(C)CC)c(OCCCC(=O)O)c(C(C)(C)C)c1)C2. The van der Waals surface area contributed by atoms with E-state index in [4.69, 9.17) is 20.0 Å². The van der Waals surface area contributed by atoms with Crippen LogP contribution in [0.4, 0.5) is 5.69 Å². The smallest absolute Gasteiger partial charge is 0.303 e. The highest BCUT2D eigenvalue weighted by molar-refractivity contribution is 8.93. The third kappa shape index (κ3) is 7.78. The number of halogens is 1. The van der Waals surface area contributed by atoms with Gasteiger partial charge in [0.25, 0.3) is 5.91 Å². The number of amidine groups is 1. The quantitative estimate of drug-likeness (QED) is 0.212. The zero-order chi connectivity index (χ0) is 30.5. The Kier molecular flexibility index (Phi) is 11.9. The monoisotopic (exact) mass is 647 g/mol. The van der Waals surface area contributed by atoms with E-state index in [0.717, 1.165) is 11.3 Å². The van der Waals surface area contributed by atoms with Crippen molar-refractivity contribution in [1.82, 2.24) is 15.2 Å². The van der Waals surface area contributed by atoms with Crippen LogP contribution in [0.3, 0.4) is 0 Å². The van der Waals surface area contributed by atoms with Crippen molar-refractivity contribution < 1.29 is 29.0 Å². The number of amides is 1. The molecule has 1 aromatic carbocycles. The number of rotatable bonds is 13. The molecule has 0 saturated heterocycles. The highest BCUT2D eigenvalue weighted by Crippen LogP contribution is 2.40. The number of carboxylic acids is 1. The fourth-order valence-electron chi connectivity index (χ4n) is 4.57. The number of anilines is 1. The molecule has 0 atom stereocenters. The van der Waals surface area contributed by atoms with Crippen LogP contribution in [0.2, 0.25) is 0 Å². The van der Waals surface area contributed by atoms with Crippen molar-refractivity contribution in [2.24, 2.45) is 0 Å². The van der Waals surface area contributed by atoms with Gasteiger partial charge < -0.3 is 29.7 Å². The fourth-order valence-corrected chi connectivity index (χ4v) is 4.57. The number of fused-ring (bicyclic) bond motifs is 1. The molecule has 2 heterocycles. The Labute approximate surface area is 257 Å². The summed E-state index contributed by atoms with van der Waals surface area (Å²) in [6, 6.07) is 5.36. The van der Waals surface area contributed by atoms with Crippen LogP contribution >= 0.6 is 17.0 Å². The molecule has 0 unspecified atom stereocenters. The molecule has 11 nitrogen and oxygen atoms in total. The van der Waals surface area contributed by atoms with Crippen molar-refractivity contribution in [3.05, 3.63) is 46.3 Å². The van der Waals surface area contributed by atoms with Crippen LogP contribution in [0.1, 0.15) is 85.1 Å². The minimum atomic E-state index is -0.875. The van der Waals surface area contributed by atoms with Gasteiger partial charge >= 0.3 is 5.97 Å². The van der Waals surface area contributed by atoms with Crippen LogP contribution in [0, 0.1) is 5.41 Å². The lowest BCUT2D eigenvalue weighted by Crippen LogP contribution is -2.31. The lowest BCUT2D eigenvalue weighted by molar-refractivity contribution is -0.137. The second kappa shape index (κ2) is 14.5. The van der Waals surface area contributed by atoms with Gasteiger partial charge in [0, 0.05) is 50.3 Å². The second-order valence-corrected chi connectivity index (χ2v) is 11.0. The third-order valence-electron chi connectivity index (χ3n) is 6.91. The number of nitrogens with one attached hydrogen (secondary N) is 2. The van der Waals surface area contributed by atoms with Crippen molar-refractivity contribution in [3.8, 4) is 11.5 Å². The molecule has 3 N–H and O–H groups in total. The molecule has 2 aromatic rings. The van der Waals surface area contributed by atoms with E-state index in [1.165, 1.54) is 7.05 Å². The number of pyridine rings is 1. The summed E-state index contributed by atoms with van der Waals surface area (Å²) in [7, 11) is 3.42. The number of aliphatic carboxylic acids is 1. The second-order valence-electron chi connectivity index (χ2n) is 11.0. The van der Waals surface area contributed by atoms with E-state index in [1.54, 1.807) is 17.0 Å². The largest absolute Gasteiger partial charge is 0.491 e. The molecule has 12 heteroatoms. The van der Waals surface area contributed by atoms with Crippen molar-refractivity contribution in [2.45, 2.75) is 59.4 Å². The van der Waals surface area contributed by atoms with Crippen LogP contribution in [-0.2, 0) is 16.8 Å². The normalized spacial score (nSPS) is 12.4. The zero-order valence-corrected chi connectivity index (χ0v) is 27.1. The summed E-state index contributed by atoms with van der Waals surface area (Å²) in [5.41, 5.74) is 2.88. The predicted octanol–water partition coefficient (Wildman–Crippen LogP) is 4.44. The van der Waals surface area contributed by atoms with Crippen LogP contribution in [0.5, 0.6) is 11.5 Å². The van der Waals surface area contributed by atoms with Crippen molar-refractivity contribution in [1.29, 1.82) is 5.41 Å². The van der Waals surface area contributed by atoms with E-state index in [0.29, 0.717) is 54.4 Å². The van der Waals surface area contributed by atoms with E-state index in [-0.39, 0.29) is 59.3 Å². The summed E-state index contributed by atoms with van der Waals surface area (Å²) in [5, 5.41) is 20.3. The molecule has 1 amide bonds. The molecule has 0 fully saturated rings. The lowest BCUT2D eigenvalue weighted by Gasteiger charge is -2.29. The standard InChI is InChI=1S/C30H41N5O6.BrH/c1-8-34(7)21-14-18(13-20(30(3,4)5)27(21)41-12-10-11-24(37)38)22(36)17-35-16-19-15-23(40-9-2)26(29(39)32-6)33-25(19)28(35)31;/h13-15,31H,8-12,16-17H2,1-7H3,(H,32,39)(H,37,38);1H. The number of aromatic nitrogens is 1. The van der Waals surface area contributed by atoms with Crippen molar-refractivity contribution >= 4 is 46.2 Å². The summed E-state index contributed by atoms with van der Waals surface area (Å²) in [6.07, 6.45) is 0.378. The Morgan fingerprint density at radius 2 is 1.86 bits per heavy atom. The first kappa shape index (κ1) is 34.5. The van der Waals surface area contributed by atoms with E-state index >= 15 is 0 Å². The van der Waals surface area contributed by atoms with E-state index in [1.807, 2.05) is 52.6 Å². The van der Waals surface area contributed by atoms with Gasteiger partial charge in [-0.25, -0.2) is 4.98 Å². The number of carboxylic acid groups (broad SMARTS) is 1. The molecule has 3 rings (SSSR count). The van der Waals surface area contributed by atoms with E-state index < -0.39 is 11.9 Å². The van der Waals surface area contributed by atoms with Gasteiger partial charge in [-0.2, -0.15) is 0 Å². The number of carbonyl (C=O) groups is 3. The Morgan fingerprint density at radius 1 is 1.17 bits per heavy atom. The Balaban J connectivity index is 0.00000616. The van der Waals surface area contributed by atoms with Gasteiger partial charge in [-0.1, -0.05) is 20.8 Å². The number of hydrogen-bond donors (Lipinski definition) is 3. The van der Waals surface area contributed by atoms with Crippen LogP contribution in [-0.4, -0.2) is 78.9 Å². The number of benzene rings is 1. The average molecular weight is 649 g/mol. The highest BCUT2D eigenvalue weighted by Gasteiger charge is 2.32. The first-order valence-corrected chi connectivity index (χ1v) is 13.8. The minimum Gasteiger partial charge on any atom is -0.491 e. The number of carbonyl (C=O) groups excluding carboxylic acids is 2. The Hall–Kier alpha value is -3.67. The molecule has 1 aliphatic heterocycles. The topological polar surface area (TPSA) is 145 Å². The van der Waals surface area contributed by atoms with E-state index in [2.05, 4.69) is 10.3 Å². The molecular weight excluding hydrogens is 606 g/mol. The summed E-state index contributed by atoms with van der Waals surface area (Å²) in [6.45, 7) is 11.4. The van der Waals surface area contributed by atoms with Crippen LogP contribution < -0.4 is 19.7 Å². The van der Waals surface area contributed by atoms with Crippen molar-refractivity contribution in [2.75, 3.05) is 45.3 Å². The highest BCUT2D eigenvalue weighted by atomic mass is 79.9. The summed E-state index contributed by atoms with van der Waals surface area (Å²) < 4.78 is 11.8. The molecule has 0 aliphatic carbocycles. The number of Topliss-reactive ketones (excluding diaryl/α,β-unsaturated/α-hetero) is 1. The molecular formula is C30H42BrN5O6. The van der Waals surface area contributed by atoms with E-state index in [9.17, 15) is 14.4 Å². The van der Waals surface area contributed by atoms with Crippen LogP contribution in [0.25, 0.3) is 0 Å². The Morgan fingerprint density at radius 3 is 2.43 bits per heavy atom. The van der Waals surface area contributed by atoms with Gasteiger partial charge in [-0.05, 0) is 43.9 Å². The zero-order valence-electron chi connectivity index (χ0n) is 25.4. The van der Waals surface area contributed by atoms with Gasteiger partial charge in [0.05, 0.1) is 25.4 Å². The molecule has 1 aromatic heterocycles. The minimum absolute atomic E-state index is 0. The molecule has 230 valence electrons. The molecule has 0 spiro atoms. The maximum Gasteiger partial charge on any atom is 0.303 e. The number of hydrogen-bond acceptors (Lipinski definition) is 8. The predicted molar refractivity (Wildman–Crippen MR) is 167 cm³/mol. The van der Waals surface area contributed by atoms with Gasteiger partial charge in [-0.3, -0.25) is 19.8 Å². The average Bonchev–Trinajstić information content (AvgIpc) is 3.22. The van der Waals surface area contributed by atoms with Crippen LogP contribution in [0.15, 0.2) is 18.2 Å². The first-order valence-electron chi connectivity index (χ1n) is 13.8. The van der Waals surface area contributed by atoms with Gasteiger partial charge in [-0.15, -0.1) is 17.0 Å². The molecule has 1 aliphatic rings. The lowest BCUT2D eigenvalue weighted by atomic mass is 9.84. The molecule has 0 bridgehead atoms. The molecule has 42 heavy (non-hydrogen) atoms. The van der Waals surface area contributed by atoms with Crippen molar-refractivity contribution in [3.63, 3.8) is 0 Å². The summed E-state index contributed by atoms with van der Waals surface area (Å²) in [4.78, 5) is 45.1. The van der Waals surface area contributed by atoms with Gasteiger partial charge in [0.2, 0.25) is 0 Å². The number of ether oxygens (including phenoxy) is 2. The maximum atomic E-state index is 13.7. The first-order chi connectivity index (χ1) is 19.3. The molecule has 0 radical (unpaired) electrons. The van der Waals surface area contributed by atoms with Gasteiger partial charge in [0.1, 0.15) is 17.3 Å². The fraction of sp³-hybridized carbons (Fsp3) is 0.500. The maximum absolute atomic E-state index is 13.7.